The molecule has 2 rings (SSSR count). The molecule has 1 atom stereocenters. The second-order valence-electron chi connectivity index (χ2n) is 4.95. The van der Waals surface area contributed by atoms with Crippen LogP contribution in [0.25, 0.3) is 0 Å². The maximum absolute atomic E-state index is 12.7. The lowest BCUT2D eigenvalue weighted by Gasteiger charge is -2.27. The molecular formula is C12H20N2O3S2. The largest absolute Gasteiger partial charge is 0.315 e. The van der Waals surface area contributed by atoms with Gasteiger partial charge in [-0.05, 0) is 26.2 Å². The number of nitrogens with one attached hydrogen (secondary N) is 1. The fourth-order valence-electron chi connectivity index (χ4n) is 2.62. The van der Waals surface area contributed by atoms with Gasteiger partial charge in [0.2, 0.25) is 0 Å². The Morgan fingerprint density at radius 2 is 2.11 bits per heavy atom. The average molecular weight is 304 g/mol. The Labute approximate surface area is 117 Å². The van der Waals surface area contributed by atoms with Crippen LogP contribution in [0.5, 0.6) is 0 Å². The number of thiazole rings is 1. The first-order valence-corrected chi connectivity index (χ1v) is 8.94. The Balaban J connectivity index is 2.41. The summed E-state index contributed by atoms with van der Waals surface area (Å²) in [6.45, 7) is 4.22. The number of nitrogens with zero attached hydrogens (tertiary/aromatic N) is 1. The molecule has 0 spiro atoms. The Kier molecular flexibility index (Phi) is 4.47. The molecule has 1 aromatic heterocycles. The normalized spacial score (nSPS) is 22.3. The summed E-state index contributed by atoms with van der Waals surface area (Å²) in [7, 11) is -3.54. The van der Waals surface area contributed by atoms with Crippen molar-refractivity contribution in [3.63, 3.8) is 0 Å². The van der Waals surface area contributed by atoms with Crippen LogP contribution in [0.15, 0.2) is 9.00 Å². The number of aryl methyl sites for hydroxylation is 1. The van der Waals surface area contributed by atoms with Crippen molar-refractivity contribution in [1.29, 1.82) is 0 Å². The molecule has 0 saturated carbocycles. The molecule has 1 saturated heterocycles. The van der Waals surface area contributed by atoms with E-state index in [0.717, 1.165) is 43.4 Å². The third-order valence-corrected chi connectivity index (χ3v) is 7.15. The van der Waals surface area contributed by atoms with Gasteiger partial charge in [0.25, 0.3) is 10.0 Å². The predicted molar refractivity (Wildman–Crippen MR) is 76.1 cm³/mol. The van der Waals surface area contributed by atoms with Gasteiger partial charge in [-0.2, -0.15) is 4.31 Å². The van der Waals surface area contributed by atoms with Crippen molar-refractivity contribution < 1.29 is 8.42 Å². The van der Waals surface area contributed by atoms with E-state index >= 15 is 0 Å². The number of sulfonamides is 1. The molecule has 1 aliphatic rings. The highest BCUT2D eigenvalue weighted by molar-refractivity contribution is 7.91. The third kappa shape index (κ3) is 2.93. The summed E-state index contributed by atoms with van der Waals surface area (Å²) >= 11 is 0.794. The van der Waals surface area contributed by atoms with E-state index in [1.54, 1.807) is 11.2 Å². The molecule has 0 bridgehead atoms. The lowest BCUT2D eigenvalue weighted by molar-refractivity contribution is 0.315. The van der Waals surface area contributed by atoms with Gasteiger partial charge in [0.1, 0.15) is 0 Å². The summed E-state index contributed by atoms with van der Waals surface area (Å²) < 4.78 is 27.2. The molecule has 2 heterocycles. The molecule has 5 nitrogen and oxygen atoms in total. The number of aromatic amines is 1. The topological polar surface area (TPSA) is 70.2 Å². The molecule has 1 aromatic rings. The summed E-state index contributed by atoms with van der Waals surface area (Å²) in [6, 6.07) is 0.0594. The van der Waals surface area contributed by atoms with E-state index < -0.39 is 10.0 Å². The highest BCUT2D eigenvalue weighted by Crippen LogP contribution is 2.28. The van der Waals surface area contributed by atoms with Crippen molar-refractivity contribution in [2.45, 2.75) is 56.2 Å². The number of hydrogen-bond acceptors (Lipinski definition) is 4. The van der Waals surface area contributed by atoms with E-state index in [1.165, 1.54) is 0 Å². The zero-order valence-corrected chi connectivity index (χ0v) is 12.9. The fraction of sp³-hybridized carbons (Fsp3) is 0.750. The summed E-state index contributed by atoms with van der Waals surface area (Å²) in [5, 5.41) is 0. The van der Waals surface area contributed by atoms with Gasteiger partial charge in [0.05, 0.1) is 0 Å². The number of aromatic nitrogens is 1. The maximum Gasteiger partial charge on any atom is 0.305 e. The standard InChI is InChI=1S/C12H20N2O3S2/c1-3-10-7-5-4-6-8-14(10)19(16,17)11-9(2)13-12(15)18-11/h10H,3-8H2,1-2H3,(H,13,15). The van der Waals surface area contributed by atoms with Crippen LogP contribution in [0.3, 0.4) is 0 Å². The molecule has 0 radical (unpaired) electrons. The number of H-pyrrole nitrogens is 1. The molecule has 1 aliphatic heterocycles. The van der Waals surface area contributed by atoms with Gasteiger partial charge in [-0.25, -0.2) is 8.42 Å². The first kappa shape index (κ1) is 14.7. The van der Waals surface area contributed by atoms with Gasteiger partial charge >= 0.3 is 4.87 Å². The van der Waals surface area contributed by atoms with Crippen LogP contribution < -0.4 is 4.87 Å². The van der Waals surface area contributed by atoms with Crippen molar-refractivity contribution in [1.82, 2.24) is 9.29 Å². The number of hydrogen-bond donors (Lipinski definition) is 1. The molecule has 1 fully saturated rings. The van der Waals surface area contributed by atoms with Crippen molar-refractivity contribution in [3.05, 3.63) is 15.4 Å². The van der Waals surface area contributed by atoms with E-state index in [4.69, 9.17) is 0 Å². The van der Waals surface area contributed by atoms with Crippen molar-refractivity contribution >= 4 is 21.4 Å². The van der Waals surface area contributed by atoms with Crippen LogP contribution in [0.1, 0.15) is 44.7 Å². The molecule has 19 heavy (non-hydrogen) atoms. The van der Waals surface area contributed by atoms with Crippen LogP contribution >= 0.6 is 11.3 Å². The van der Waals surface area contributed by atoms with Gasteiger partial charge < -0.3 is 4.98 Å². The van der Waals surface area contributed by atoms with Crippen LogP contribution in [0.2, 0.25) is 0 Å². The highest BCUT2D eigenvalue weighted by Gasteiger charge is 2.33. The van der Waals surface area contributed by atoms with Crippen LogP contribution in [-0.2, 0) is 10.0 Å². The van der Waals surface area contributed by atoms with Crippen LogP contribution in [0, 0.1) is 6.92 Å². The van der Waals surface area contributed by atoms with Gasteiger partial charge in [-0.1, -0.05) is 31.1 Å². The van der Waals surface area contributed by atoms with Gasteiger partial charge in [0.15, 0.2) is 4.21 Å². The van der Waals surface area contributed by atoms with E-state index in [-0.39, 0.29) is 15.1 Å². The SMILES string of the molecule is CCC1CCCCCN1S(=O)(=O)c1sc(=O)[nH]c1C. The van der Waals surface area contributed by atoms with E-state index in [9.17, 15) is 13.2 Å². The highest BCUT2D eigenvalue weighted by atomic mass is 32.2. The first-order chi connectivity index (χ1) is 8.96. The summed E-state index contributed by atoms with van der Waals surface area (Å²) in [5.41, 5.74) is 0.453. The zero-order valence-electron chi connectivity index (χ0n) is 11.3. The fourth-order valence-corrected chi connectivity index (χ4v) is 5.80. The second kappa shape index (κ2) is 5.76. The van der Waals surface area contributed by atoms with E-state index in [2.05, 4.69) is 4.98 Å². The first-order valence-electron chi connectivity index (χ1n) is 6.68. The summed E-state index contributed by atoms with van der Waals surface area (Å²) in [4.78, 5) is 13.6. The Hall–Kier alpha value is -0.660. The van der Waals surface area contributed by atoms with Crippen molar-refractivity contribution in [3.8, 4) is 0 Å². The Morgan fingerprint density at radius 1 is 1.37 bits per heavy atom. The predicted octanol–water partition coefficient (Wildman–Crippen LogP) is 2.09. The molecule has 0 amide bonds. The minimum Gasteiger partial charge on any atom is -0.315 e. The van der Waals surface area contributed by atoms with Crippen LogP contribution in [-0.4, -0.2) is 30.3 Å². The zero-order chi connectivity index (χ0) is 14.0. The maximum atomic E-state index is 12.7. The molecule has 7 heteroatoms. The third-order valence-electron chi connectivity index (χ3n) is 3.62. The lowest BCUT2D eigenvalue weighted by atomic mass is 10.1. The van der Waals surface area contributed by atoms with Gasteiger partial charge in [-0.3, -0.25) is 4.79 Å². The van der Waals surface area contributed by atoms with E-state index in [1.807, 2.05) is 6.92 Å². The van der Waals surface area contributed by atoms with Gasteiger partial charge in [0, 0.05) is 18.3 Å². The monoisotopic (exact) mass is 304 g/mol. The molecular weight excluding hydrogens is 284 g/mol. The van der Waals surface area contributed by atoms with Crippen molar-refractivity contribution in [2.24, 2.45) is 0 Å². The summed E-state index contributed by atoms with van der Waals surface area (Å²) in [6.07, 6.45) is 4.78. The number of rotatable bonds is 3. The average Bonchev–Trinajstić information content (AvgIpc) is 2.59. The Morgan fingerprint density at radius 3 is 2.68 bits per heavy atom. The molecule has 1 N–H and O–H groups in total. The van der Waals surface area contributed by atoms with Crippen LogP contribution in [0.4, 0.5) is 0 Å². The van der Waals surface area contributed by atoms with Gasteiger partial charge in [-0.15, -0.1) is 0 Å². The smallest absolute Gasteiger partial charge is 0.305 e. The minimum absolute atomic E-state index is 0.0594. The minimum atomic E-state index is -3.54. The quantitative estimate of drug-likeness (QED) is 0.929. The Bertz CT molecular complexity index is 588. The van der Waals surface area contributed by atoms with E-state index in [0.29, 0.717) is 12.2 Å². The molecule has 108 valence electrons. The molecule has 0 aromatic carbocycles. The lowest BCUT2D eigenvalue weighted by Crippen LogP contribution is -2.39. The summed E-state index contributed by atoms with van der Waals surface area (Å²) in [5.74, 6) is 0. The molecule has 1 unspecified atom stereocenters. The molecule has 0 aliphatic carbocycles. The second-order valence-corrected chi connectivity index (χ2v) is 8.02. The van der Waals surface area contributed by atoms with Crippen molar-refractivity contribution in [2.75, 3.05) is 6.54 Å².